The zero-order valence-electron chi connectivity index (χ0n) is 13.1. The first-order valence-electron chi connectivity index (χ1n) is 8.42. The highest BCUT2D eigenvalue weighted by Gasteiger charge is 2.41. The molecule has 1 saturated carbocycles. The van der Waals surface area contributed by atoms with Gasteiger partial charge < -0.3 is 5.32 Å². The van der Waals surface area contributed by atoms with E-state index in [0.717, 1.165) is 31.6 Å². The number of nitrogens with zero attached hydrogens (tertiary/aromatic N) is 1. The molecule has 2 aliphatic rings. The van der Waals surface area contributed by atoms with Gasteiger partial charge in [-0.25, -0.2) is 4.39 Å². The maximum Gasteiger partial charge on any atom is 0.123 e. The predicted molar refractivity (Wildman–Crippen MR) is 85.0 cm³/mol. The van der Waals surface area contributed by atoms with Crippen molar-refractivity contribution in [1.29, 1.82) is 0 Å². The largest absolute Gasteiger partial charge is 0.314 e. The van der Waals surface area contributed by atoms with E-state index >= 15 is 0 Å². The molecule has 1 N–H and O–H groups in total. The van der Waals surface area contributed by atoms with E-state index in [0.29, 0.717) is 11.6 Å². The molecule has 1 saturated heterocycles. The van der Waals surface area contributed by atoms with Crippen LogP contribution >= 0.6 is 0 Å². The first-order valence-corrected chi connectivity index (χ1v) is 8.42. The molecule has 1 atom stereocenters. The molecule has 2 nitrogen and oxygen atoms in total. The monoisotopic (exact) mass is 290 g/mol. The summed E-state index contributed by atoms with van der Waals surface area (Å²) in [5, 5.41) is 3.60. The maximum absolute atomic E-state index is 13.4. The number of halogens is 1. The number of piperazine rings is 1. The van der Waals surface area contributed by atoms with Crippen molar-refractivity contribution < 1.29 is 4.39 Å². The summed E-state index contributed by atoms with van der Waals surface area (Å²) in [6.45, 7) is 5.64. The number of nitrogens with one attached hydrogen (secondary N) is 1. The van der Waals surface area contributed by atoms with Gasteiger partial charge >= 0.3 is 0 Å². The lowest BCUT2D eigenvalue weighted by Crippen LogP contribution is -2.64. The van der Waals surface area contributed by atoms with Gasteiger partial charge in [0, 0.05) is 31.2 Å². The molecule has 1 unspecified atom stereocenters. The van der Waals surface area contributed by atoms with Crippen molar-refractivity contribution in [3.63, 3.8) is 0 Å². The maximum atomic E-state index is 13.4. The van der Waals surface area contributed by atoms with E-state index in [2.05, 4.69) is 23.2 Å². The van der Waals surface area contributed by atoms with Gasteiger partial charge in [-0.2, -0.15) is 0 Å². The molecule has 1 spiro atoms. The van der Waals surface area contributed by atoms with E-state index < -0.39 is 0 Å². The standard InChI is InChI=1S/C18H27FN2/c1-15(12-16-6-5-7-17(19)13-16)21-11-10-20-14-18(21)8-3-2-4-9-18/h5-7,13,15,20H,2-4,8-12,14H2,1H3. The number of benzene rings is 1. The predicted octanol–water partition coefficient (Wildman–Crippen LogP) is 3.36. The Hall–Kier alpha value is -0.930. The fourth-order valence-corrected chi connectivity index (χ4v) is 4.34. The van der Waals surface area contributed by atoms with Gasteiger partial charge in [-0.1, -0.05) is 31.4 Å². The van der Waals surface area contributed by atoms with Crippen LogP contribution in [-0.2, 0) is 6.42 Å². The van der Waals surface area contributed by atoms with Crippen LogP contribution in [0.3, 0.4) is 0 Å². The number of rotatable bonds is 3. The summed E-state index contributed by atoms with van der Waals surface area (Å²) in [4.78, 5) is 2.72. The number of hydrogen-bond acceptors (Lipinski definition) is 2. The minimum atomic E-state index is -0.118. The Balaban J connectivity index is 1.73. The summed E-state index contributed by atoms with van der Waals surface area (Å²) in [7, 11) is 0. The first kappa shape index (κ1) is 15.0. The molecule has 0 bridgehead atoms. The second kappa shape index (κ2) is 6.45. The fourth-order valence-electron chi connectivity index (χ4n) is 4.34. The summed E-state index contributed by atoms with van der Waals surface area (Å²) in [6, 6.07) is 7.57. The second-order valence-electron chi connectivity index (χ2n) is 6.84. The summed E-state index contributed by atoms with van der Waals surface area (Å²) in [5.74, 6) is -0.118. The molecule has 1 aliphatic carbocycles. The van der Waals surface area contributed by atoms with Crippen LogP contribution in [0.25, 0.3) is 0 Å². The Bertz CT molecular complexity index is 460. The third-order valence-corrected chi connectivity index (χ3v) is 5.33. The molecule has 21 heavy (non-hydrogen) atoms. The van der Waals surface area contributed by atoms with Crippen LogP contribution in [0.1, 0.15) is 44.6 Å². The van der Waals surface area contributed by atoms with Crippen LogP contribution in [0.5, 0.6) is 0 Å². The first-order chi connectivity index (χ1) is 10.2. The lowest BCUT2D eigenvalue weighted by atomic mass is 9.78. The molecule has 2 fully saturated rings. The molecule has 0 radical (unpaired) electrons. The van der Waals surface area contributed by atoms with Gasteiger partial charge in [-0.05, 0) is 43.9 Å². The van der Waals surface area contributed by atoms with E-state index in [1.807, 2.05) is 6.07 Å². The molecule has 1 aromatic carbocycles. The van der Waals surface area contributed by atoms with E-state index in [9.17, 15) is 4.39 Å². The fraction of sp³-hybridized carbons (Fsp3) is 0.667. The van der Waals surface area contributed by atoms with Crippen LogP contribution in [0, 0.1) is 5.82 Å². The summed E-state index contributed by atoms with van der Waals surface area (Å²) in [6.07, 6.45) is 7.66. The minimum Gasteiger partial charge on any atom is -0.314 e. The van der Waals surface area contributed by atoms with Crippen molar-refractivity contribution in [3.8, 4) is 0 Å². The number of hydrogen-bond donors (Lipinski definition) is 1. The molecule has 0 aromatic heterocycles. The molecule has 1 heterocycles. The van der Waals surface area contributed by atoms with Crippen LogP contribution in [-0.4, -0.2) is 36.1 Å². The Morgan fingerprint density at radius 3 is 2.86 bits per heavy atom. The molecule has 1 aliphatic heterocycles. The third-order valence-electron chi connectivity index (χ3n) is 5.33. The Labute approximate surface area is 127 Å². The molecular formula is C18H27FN2. The highest BCUT2D eigenvalue weighted by Crippen LogP contribution is 2.36. The molecule has 1 aromatic rings. The molecule has 0 amide bonds. The van der Waals surface area contributed by atoms with Gasteiger partial charge in [-0.15, -0.1) is 0 Å². The van der Waals surface area contributed by atoms with Gasteiger partial charge in [0.1, 0.15) is 5.82 Å². The molecule has 116 valence electrons. The van der Waals surface area contributed by atoms with E-state index in [1.54, 1.807) is 6.07 Å². The summed E-state index contributed by atoms with van der Waals surface area (Å²) < 4.78 is 13.4. The van der Waals surface area contributed by atoms with Gasteiger partial charge in [0.25, 0.3) is 0 Å². The van der Waals surface area contributed by atoms with Crippen LogP contribution in [0.4, 0.5) is 4.39 Å². The Morgan fingerprint density at radius 2 is 2.10 bits per heavy atom. The lowest BCUT2D eigenvalue weighted by molar-refractivity contribution is -0.00173. The Morgan fingerprint density at radius 1 is 1.29 bits per heavy atom. The van der Waals surface area contributed by atoms with E-state index in [4.69, 9.17) is 0 Å². The van der Waals surface area contributed by atoms with Crippen LogP contribution in [0.2, 0.25) is 0 Å². The van der Waals surface area contributed by atoms with Gasteiger partial charge in [0.05, 0.1) is 0 Å². The topological polar surface area (TPSA) is 15.3 Å². The van der Waals surface area contributed by atoms with Crippen molar-refractivity contribution in [2.24, 2.45) is 0 Å². The highest BCUT2D eigenvalue weighted by atomic mass is 19.1. The van der Waals surface area contributed by atoms with Crippen molar-refractivity contribution in [3.05, 3.63) is 35.6 Å². The van der Waals surface area contributed by atoms with Crippen molar-refractivity contribution in [1.82, 2.24) is 10.2 Å². The van der Waals surface area contributed by atoms with Gasteiger partial charge in [0.2, 0.25) is 0 Å². The van der Waals surface area contributed by atoms with Crippen LogP contribution < -0.4 is 5.32 Å². The molecule has 3 rings (SSSR count). The Kier molecular flexibility index (Phi) is 4.60. The van der Waals surface area contributed by atoms with Gasteiger partial charge in [-0.3, -0.25) is 4.90 Å². The zero-order chi connectivity index (χ0) is 14.7. The SMILES string of the molecule is CC(Cc1cccc(F)c1)N1CCNCC12CCCCC2. The van der Waals surface area contributed by atoms with E-state index in [-0.39, 0.29) is 5.82 Å². The summed E-state index contributed by atoms with van der Waals surface area (Å²) in [5.41, 5.74) is 1.47. The third kappa shape index (κ3) is 3.29. The molecule has 3 heteroatoms. The lowest BCUT2D eigenvalue weighted by Gasteiger charge is -2.52. The highest BCUT2D eigenvalue weighted by molar-refractivity contribution is 5.18. The molecular weight excluding hydrogens is 263 g/mol. The average molecular weight is 290 g/mol. The normalized spacial score (nSPS) is 24.1. The van der Waals surface area contributed by atoms with Crippen molar-refractivity contribution >= 4 is 0 Å². The average Bonchev–Trinajstić information content (AvgIpc) is 2.48. The van der Waals surface area contributed by atoms with Gasteiger partial charge in [0.15, 0.2) is 0 Å². The zero-order valence-corrected chi connectivity index (χ0v) is 13.1. The summed E-state index contributed by atoms with van der Waals surface area (Å²) >= 11 is 0. The smallest absolute Gasteiger partial charge is 0.123 e. The minimum absolute atomic E-state index is 0.118. The second-order valence-corrected chi connectivity index (χ2v) is 6.84. The quantitative estimate of drug-likeness (QED) is 0.918. The van der Waals surface area contributed by atoms with Crippen molar-refractivity contribution in [2.75, 3.05) is 19.6 Å². The van der Waals surface area contributed by atoms with Crippen LogP contribution in [0.15, 0.2) is 24.3 Å². The van der Waals surface area contributed by atoms with E-state index in [1.165, 1.54) is 38.2 Å². The van der Waals surface area contributed by atoms with Crippen molar-refractivity contribution in [2.45, 2.75) is 57.0 Å².